The van der Waals surface area contributed by atoms with Crippen LogP contribution in [0, 0.1) is 0 Å². The van der Waals surface area contributed by atoms with Crippen molar-refractivity contribution in [1.29, 1.82) is 0 Å². The molecule has 5 heteroatoms. The molecule has 0 fully saturated rings. The van der Waals surface area contributed by atoms with Crippen LogP contribution in [0.15, 0.2) is 0 Å². The van der Waals surface area contributed by atoms with Gasteiger partial charge in [0.2, 0.25) is 5.91 Å². The highest BCUT2D eigenvalue weighted by molar-refractivity contribution is 5.82. The Kier molecular flexibility index (Phi) is 5.06. The molecule has 3 N–H and O–H groups in total. The van der Waals surface area contributed by atoms with Gasteiger partial charge in [-0.25, -0.2) is 0 Å². The Morgan fingerprint density at radius 1 is 1.54 bits per heavy atom. The quantitative estimate of drug-likeness (QED) is 0.618. The van der Waals surface area contributed by atoms with Crippen LogP contribution >= 0.6 is 0 Å². The molecule has 0 saturated carbocycles. The fourth-order valence-electron chi connectivity index (χ4n) is 0.841. The molecule has 13 heavy (non-hydrogen) atoms. The third-order valence-corrected chi connectivity index (χ3v) is 1.84. The van der Waals surface area contributed by atoms with Crippen molar-refractivity contribution in [2.24, 2.45) is 5.73 Å². The number of amides is 1. The molecule has 1 atom stereocenters. The van der Waals surface area contributed by atoms with Gasteiger partial charge in [0.05, 0.1) is 6.04 Å². The zero-order valence-electron chi connectivity index (χ0n) is 7.99. The summed E-state index contributed by atoms with van der Waals surface area (Å²) in [6.07, 6.45) is 0.128. The minimum Gasteiger partial charge on any atom is -0.481 e. The summed E-state index contributed by atoms with van der Waals surface area (Å²) in [5, 5.41) is 8.36. The Hall–Kier alpha value is -1.10. The maximum Gasteiger partial charge on any atom is 0.303 e. The maximum atomic E-state index is 11.3. The van der Waals surface area contributed by atoms with Gasteiger partial charge in [-0.2, -0.15) is 0 Å². The molecule has 0 aromatic rings. The third kappa shape index (κ3) is 4.47. The van der Waals surface area contributed by atoms with E-state index >= 15 is 0 Å². The van der Waals surface area contributed by atoms with E-state index in [2.05, 4.69) is 0 Å². The predicted molar refractivity (Wildman–Crippen MR) is 48.2 cm³/mol. The molecule has 0 saturated heterocycles. The van der Waals surface area contributed by atoms with Gasteiger partial charge >= 0.3 is 5.97 Å². The van der Waals surface area contributed by atoms with Crippen LogP contribution in [0.2, 0.25) is 0 Å². The largest absolute Gasteiger partial charge is 0.481 e. The number of nitrogens with zero attached hydrogens (tertiary/aromatic N) is 1. The molecule has 0 rings (SSSR count). The van der Waals surface area contributed by atoms with E-state index in [0.29, 0.717) is 6.54 Å². The van der Waals surface area contributed by atoms with Crippen LogP contribution in [0.1, 0.15) is 19.8 Å². The van der Waals surface area contributed by atoms with E-state index in [-0.39, 0.29) is 18.7 Å². The van der Waals surface area contributed by atoms with Crippen LogP contribution in [0.25, 0.3) is 0 Å². The number of carbonyl (C=O) groups excluding carboxylic acids is 1. The van der Waals surface area contributed by atoms with Crippen molar-refractivity contribution in [2.75, 3.05) is 13.6 Å². The molecule has 1 amide bonds. The highest BCUT2D eigenvalue weighted by Gasteiger charge is 2.17. The van der Waals surface area contributed by atoms with E-state index < -0.39 is 12.0 Å². The Balaban J connectivity index is 3.89. The topological polar surface area (TPSA) is 83.6 Å². The summed E-state index contributed by atoms with van der Waals surface area (Å²) in [5.41, 5.74) is 5.49. The lowest BCUT2D eigenvalue weighted by atomic mass is 10.1. The summed E-state index contributed by atoms with van der Waals surface area (Å²) in [5.74, 6) is -1.13. The molecule has 5 nitrogen and oxygen atoms in total. The number of carboxylic acids is 1. The summed E-state index contributed by atoms with van der Waals surface area (Å²) in [7, 11) is 1.64. The van der Waals surface area contributed by atoms with Gasteiger partial charge in [-0.1, -0.05) is 0 Å². The lowest BCUT2D eigenvalue weighted by molar-refractivity contribution is -0.137. The molecule has 0 spiro atoms. The molecule has 0 aromatic heterocycles. The highest BCUT2D eigenvalue weighted by Crippen LogP contribution is 1.98. The van der Waals surface area contributed by atoms with Crippen LogP contribution in [0.3, 0.4) is 0 Å². The van der Waals surface area contributed by atoms with Gasteiger partial charge in [0, 0.05) is 20.0 Å². The first-order chi connectivity index (χ1) is 5.99. The minimum atomic E-state index is -0.928. The van der Waals surface area contributed by atoms with Crippen molar-refractivity contribution < 1.29 is 14.7 Å². The van der Waals surface area contributed by atoms with E-state index in [4.69, 9.17) is 10.8 Å². The summed E-state index contributed by atoms with van der Waals surface area (Å²) in [4.78, 5) is 23.0. The molecule has 0 radical (unpaired) electrons. The molecular weight excluding hydrogens is 172 g/mol. The molecule has 0 aliphatic rings. The van der Waals surface area contributed by atoms with Gasteiger partial charge in [0.25, 0.3) is 0 Å². The first-order valence-corrected chi connectivity index (χ1v) is 4.21. The van der Waals surface area contributed by atoms with E-state index in [1.165, 1.54) is 4.90 Å². The van der Waals surface area contributed by atoms with Crippen molar-refractivity contribution in [3.8, 4) is 0 Å². The maximum absolute atomic E-state index is 11.3. The molecule has 76 valence electrons. The van der Waals surface area contributed by atoms with Gasteiger partial charge in [-0.3, -0.25) is 9.59 Å². The minimum absolute atomic E-state index is 0.0650. The van der Waals surface area contributed by atoms with Gasteiger partial charge in [-0.15, -0.1) is 0 Å². The smallest absolute Gasteiger partial charge is 0.303 e. The van der Waals surface area contributed by atoms with Crippen molar-refractivity contribution in [1.82, 2.24) is 4.90 Å². The second kappa shape index (κ2) is 5.53. The van der Waals surface area contributed by atoms with Gasteiger partial charge in [0.1, 0.15) is 0 Å². The monoisotopic (exact) mass is 188 g/mol. The van der Waals surface area contributed by atoms with Crippen LogP contribution in [0.4, 0.5) is 0 Å². The lowest BCUT2D eigenvalue weighted by Crippen LogP contribution is -2.41. The first-order valence-electron chi connectivity index (χ1n) is 4.21. The number of carbonyl (C=O) groups is 2. The Morgan fingerprint density at radius 2 is 2.08 bits per heavy atom. The van der Waals surface area contributed by atoms with Crippen LogP contribution < -0.4 is 5.73 Å². The van der Waals surface area contributed by atoms with Crippen LogP contribution in [-0.4, -0.2) is 41.5 Å². The van der Waals surface area contributed by atoms with Crippen molar-refractivity contribution in [3.63, 3.8) is 0 Å². The molecular formula is C8H16N2O3. The second-order valence-corrected chi connectivity index (χ2v) is 2.89. The van der Waals surface area contributed by atoms with E-state index in [0.717, 1.165) is 0 Å². The molecule has 0 bridgehead atoms. The number of rotatable bonds is 5. The predicted octanol–water partition coefficient (Wildman–Crippen LogP) is -0.343. The number of hydrogen-bond donors (Lipinski definition) is 2. The molecule has 0 aliphatic carbocycles. The van der Waals surface area contributed by atoms with Gasteiger partial charge < -0.3 is 15.7 Å². The molecule has 0 aromatic carbocycles. The Labute approximate surface area is 77.5 Å². The summed E-state index contributed by atoms with van der Waals surface area (Å²) >= 11 is 0. The zero-order valence-corrected chi connectivity index (χ0v) is 7.99. The molecule has 1 unspecified atom stereocenters. The standard InChI is InChI=1S/C8H16N2O3/c1-3-10(2)8(13)6(9)4-5-7(11)12/h6H,3-5,9H2,1-2H3,(H,11,12). The fraction of sp³-hybridized carbons (Fsp3) is 0.750. The third-order valence-electron chi connectivity index (χ3n) is 1.84. The van der Waals surface area contributed by atoms with E-state index in [1.54, 1.807) is 7.05 Å². The second-order valence-electron chi connectivity index (χ2n) is 2.89. The van der Waals surface area contributed by atoms with Crippen LogP contribution in [0.5, 0.6) is 0 Å². The van der Waals surface area contributed by atoms with Crippen molar-refractivity contribution in [2.45, 2.75) is 25.8 Å². The van der Waals surface area contributed by atoms with Crippen molar-refractivity contribution >= 4 is 11.9 Å². The fourth-order valence-corrected chi connectivity index (χ4v) is 0.841. The molecule has 0 aliphatic heterocycles. The van der Waals surface area contributed by atoms with Gasteiger partial charge in [0.15, 0.2) is 0 Å². The van der Waals surface area contributed by atoms with E-state index in [1.807, 2.05) is 6.92 Å². The van der Waals surface area contributed by atoms with Crippen molar-refractivity contribution in [3.05, 3.63) is 0 Å². The average Bonchev–Trinajstić information content (AvgIpc) is 2.11. The van der Waals surface area contributed by atoms with Crippen LogP contribution in [-0.2, 0) is 9.59 Å². The number of carboxylic acid groups (broad SMARTS) is 1. The van der Waals surface area contributed by atoms with Gasteiger partial charge in [-0.05, 0) is 13.3 Å². The lowest BCUT2D eigenvalue weighted by Gasteiger charge is -2.18. The first kappa shape index (κ1) is 11.9. The van der Waals surface area contributed by atoms with E-state index in [9.17, 15) is 9.59 Å². The highest BCUT2D eigenvalue weighted by atomic mass is 16.4. The number of hydrogen-bond acceptors (Lipinski definition) is 3. The average molecular weight is 188 g/mol. The Morgan fingerprint density at radius 3 is 2.46 bits per heavy atom. The number of likely N-dealkylation sites (N-methyl/N-ethyl adjacent to an activating group) is 1. The zero-order chi connectivity index (χ0) is 10.4. The summed E-state index contributed by atoms with van der Waals surface area (Å²) < 4.78 is 0. The SMILES string of the molecule is CCN(C)C(=O)C(N)CCC(=O)O. The normalized spacial score (nSPS) is 12.2. The summed E-state index contributed by atoms with van der Waals surface area (Å²) in [6, 6.07) is -0.693. The Bertz CT molecular complexity index is 194. The number of nitrogens with two attached hydrogens (primary N) is 1. The number of aliphatic carboxylic acids is 1. The molecule has 0 heterocycles. The summed E-state index contributed by atoms with van der Waals surface area (Å²) in [6.45, 7) is 2.42.